The molecule has 6 nitrogen and oxygen atoms in total. The maximum atomic E-state index is 10.6. The topological polar surface area (TPSA) is 106 Å². The largest absolute Gasteiger partial charge is 0.478 e. The van der Waals surface area contributed by atoms with E-state index >= 15 is 0 Å². The first-order chi connectivity index (χ1) is 6.93. The van der Waals surface area contributed by atoms with E-state index in [-0.39, 0.29) is 11.3 Å². The predicted molar refractivity (Wildman–Crippen MR) is 53.2 cm³/mol. The van der Waals surface area contributed by atoms with Gasteiger partial charge in [0.1, 0.15) is 0 Å². The van der Waals surface area contributed by atoms with Crippen molar-refractivity contribution in [2.75, 3.05) is 5.73 Å². The van der Waals surface area contributed by atoms with E-state index in [0.717, 1.165) is 0 Å². The molecule has 0 radical (unpaired) electrons. The third-order valence-corrected chi connectivity index (χ3v) is 2.10. The number of nitrogens with zero attached hydrogens (tertiary/aromatic N) is 1. The minimum absolute atomic E-state index is 0.0202. The highest BCUT2D eigenvalue weighted by Gasteiger charge is 2.19. The molecular formula is C9H10N2O4. The van der Waals surface area contributed by atoms with Crippen LogP contribution in [0, 0.1) is 10.1 Å². The van der Waals surface area contributed by atoms with Crippen molar-refractivity contribution in [3.05, 3.63) is 39.4 Å². The van der Waals surface area contributed by atoms with Crippen LogP contribution in [0.25, 0.3) is 0 Å². The van der Waals surface area contributed by atoms with E-state index < -0.39 is 16.9 Å². The molecule has 0 aromatic heterocycles. The van der Waals surface area contributed by atoms with E-state index in [9.17, 15) is 14.9 Å². The van der Waals surface area contributed by atoms with Crippen LogP contribution in [-0.4, -0.2) is 16.0 Å². The van der Waals surface area contributed by atoms with Crippen molar-refractivity contribution < 1.29 is 14.8 Å². The average molecular weight is 210 g/mol. The number of carbonyl (C=O) groups is 1. The second-order valence-corrected chi connectivity index (χ2v) is 3.11. The van der Waals surface area contributed by atoms with Gasteiger partial charge >= 0.3 is 5.97 Å². The van der Waals surface area contributed by atoms with Crippen LogP contribution in [-0.2, 0) is 0 Å². The number of rotatable bonds is 3. The van der Waals surface area contributed by atoms with Crippen molar-refractivity contribution in [3.63, 3.8) is 0 Å². The zero-order valence-corrected chi connectivity index (χ0v) is 8.01. The minimum atomic E-state index is -1.11. The molecule has 80 valence electrons. The van der Waals surface area contributed by atoms with Gasteiger partial charge in [0.05, 0.1) is 5.56 Å². The summed E-state index contributed by atoms with van der Waals surface area (Å²) in [4.78, 5) is 20.6. The summed E-state index contributed by atoms with van der Waals surface area (Å²) >= 11 is 0. The van der Waals surface area contributed by atoms with Gasteiger partial charge in [0, 0.05) is 23.1 Å². The van der Waals surface area contributed by atoms with Crippen molar-refractivity contribution in [2.24, 2.45) is 0 Å². The van der Waals surface area contributed by atoms with Gasteiger partial charge in [0.25, 0.3) is 0 Å². The summed E-state index contributed by atoms with van der Waals surface area (Å²) in [7, 11) is 0. The molecule has 0 bridgehead atoms. The number of anilines is 1. The smallest absolute Gasteiger partial charge is 0.335 e. The Hall–Kier alpha value is -2.11. The van der Waals surface area contributed by atoms with E-state index in [2.05, 4.69) is 0 Å². The Bertz CT molecular complexity index is 417. The summed E-state index contributed by atoms with van der Waals surface area (Å²) < 4.78 is 0. The molecule has 1 aromatic rings. The molecule has 0 amide bonds. The lowest BCUT2D eigenvalue weighted by molar-refractivity contribution is -0.524. The monoisotopic (exact) mass is 210 g/mol. The number of carboxylic acid groups (broad SMARTS) is 1. The Morgan fingerprint density at radius 1 is 1.60 bits per heavy atom. The third kappa shape index (κ3) is 2.22. The van der Waals surface area contributed by atoms with E-state index in [0.29, 0.717) is 5.56 Å². The molecule has 0 saturated heterocycles. The summed E-state index contributed by atoms with van der Waals surface area (Å²) in [6.45, 7) is 1.39. The molecule has 15 heavy (non-hydrogen) atoms. The van der Waals surface area contributed by atoms with E-state index in [1.165, 1.54) is 25.1 Å². The van der Waals surface area contributed by atoms with E-state index in [1.54, 1.807) is 0 Å². The molecule has 0 heterocycles. The van der Waals surface area contributed by atoms with E-state index in [1.807, 2.05) is 0 Å². The van der Waals surface area contributed by atoms with Gasteiger partial charge in [-0.3, -0.25) is 10.1 Å². The second kappa shape index (κ2) is 3.95. The Kier molecular flexibility index (Phi) is 2.89. The fourth-order valence-electron chi connectivity index (χ4n) is 1.20. The lowest BCUT2D eigenvalue weighted by atomic mass is 10.0. The first kappa shape index (κ1) is 11.0. The fourth-order valence-corrected chi connectivity index (χ4v) is 1.20. The molecule has 0 spiro atoms. The summed E-state index contributed by atoms with van der Waals surface area (Å²) in [6, 6.07) is 2.95. The quantitative estimate of drug-likeness (QED) is 0.444. The normalized spacial score (nSPS) is 12.1. The zero-order valence-electron chi connectivity index (χ0n) is 8.01. The molecular weight excluding hydrogens is 200 g/mol. The lowest BCUT2D eigenvalue weighted by Gasteiger charge is -2.07. The summed E-state index contributed by atoms with van der Waals surface area (Å²) in [5, 5.41) is 19.2. The first-order valence-electron chi connectivity index (χ1n) is 4.19. The van der Waals surface area contributed by atoms with Crippen LogP contribution < -0.4 is 5.73 Å². The Morgan fingerprint density at radius 2 is 2.20 bits per heavy atom. The molecule has 0 saturated carbocycles. The van der Waals surface area contributed by atoms with Crippen LogP contribution in [0.5, 0.6) is 0 Å². The fraction of sp³-hybridized carbons (Fsp3) is 0.222. The number of hydrogen-bond acceptors (Lipinski definition) is 4. The van der Waals surface area contributed by atoms with Crippen molar-refractivity contribution >= 4 is 11.7 Å². The number of carboxylic acids is 1. The van der Waals surface area contributed by atoms with Gasteiger partial charge in [-0.05, 0) is 18.2 Å². The second-order valence-electron chi connectivity index (χ2n) is 3.11. The molecule has 1 atom stereocenters. The molecule has 0 aliphatic carbocycles. The van der Waals surface area contributed by atoms with Crippen molar-refractivity contribution in [1.29, 1.82) is 0 Å². The Morgan fingerprint density at radius 3 is 2.60 bits per heavy atom. The number of hydrogen-bond donors (Lipinski definition) is 2. The van der Waals surface area contributed by atoms with Gasteiger partial charge in [0.15, 0.2) is 0 Å². The first-order valence-corrected chi connectivity index (χ1v) is 4.19. The standard InChI is InChI=1S/C9H10N2O4/c1-5(11(14)15)7-3-2-6(9(12)13)4-8(7)10/h2-5H,10H2,1H3,(H,12,13). The number of nitro groups is 1. The van der Waals surface area contributed by atoms with E-state index in [4.69, 9.17) is 10.8 Å². The van der Waals surface area contributed by atoms with Crippen LogP contribution in [0.15, 0.2) is 18.2 Å². The average Bonchev–Trinajstić information content (AvgIpc) is 2.16. The molecule has 1 rings (SSSR count). The van der Waals surface area contributed by atoms with Gasteiger partial charge in [-0.2, -0.15) is 0 Å². The van der Waals surface area contributed by atoms with Crippen LogP contribution in [0.2, 0.25) is 0 Å². The highest BCUT2D eigenvalue weighted by molar-refractivity contribution is 5.89. The maximum Gasteiger partial charge on any atom is 0.335 e. The predicted octanol–water partition coefficient (Wildman–Crippen LogP) is 1.30. The highest BCUT2D eigenvalue weighted by Crippen LogP contribution is 2.23. The van der Waals surface area contributed by atoms with Crippen LogP contribution in [0.1, 0.15) is 28.9 Å². The zero-order chi connectivity index (χ0) is 11.6. The minimum Gasteiger partial charge on any atom is -0.478 e. The molecule has 0 aliphatic rings. The van der Waals surface area contributed by atoms with Crippen LogP contribution >= 0.6 is 0 Å². The van der Waals surface area contributed by atoms with Crippen LogP contribution in [0.3, 0.4) is 0 Å². The number of aromatic carboxylic acids is 1. The van der Waals surface area contributed by atoms with Crippen LogP contribution in [0.4, 0.5) is 5.69 Å². The Balaban J connectivity index is 3.13. The van der Waals surface area contributed by atoms with Crippen molar-refractivity contribution in [1.82, 2.24) is 0 Å². The van der Waals surface area contributed by atoms with Crippen molar-refractivity contribution in [2.45, 2.75) is 13.0 Å². The van der Waals surface area contributed by atoms with Gasteiger partial charge < -0.3 is 10.8 Å². The van der Waals surface area contributed by atoms with Gasteiger partial charge in [0.2, 0.25) is 6.04 Å². The SMILES string of the molecule is CC(c1ccc(C(=O)O)cc1N)[N+](=O)[O-]. The lowest BCUT2D eigenvalue weighted by Crippen LogP contribution is -2.09. The number of benzene rings is 1. The molecule has 1 unspecified atom stereocenters. The highest BCUT2D eigenvalue weighted by atomic mass is 16.6. The summed E-state index contributed by atoms with van der Waals surface area (Å²) in [5.41, 5.74) is 6.00. The molecule has 0 aliphatic heterocycles. The maximum absolute atomic E-state index is 10.6. The third-order valence-electron chi connectivity index (χ3n) is 2.10. The van der Waals surface area contributed by atoms with Gasteiger partial charge in [-0.15, -0.1) is 0 Å². The molecule has 6 heteroatoms. The number of nitrogen functional groups attached to an aromatic ring is 1. The summed E-state index contributed by atoms with van der Waals surface area (Å²) in [6.07, 6.45) is 0. The van der Waals surface area contributed by atoms with Crippen molar-refractivity contribution in [3.8, 4) is 0 Å². The van der Waals surface area contributed by atoms with Gasteiger partial charge in [-0.1, -0.05) is 0 Å². The molecule has 3 N–H and O–H groups in total. The Labute approximate surface area is 85.5 Å². The molecule has 0 fully saturated rings. The molecule has 1 aromatic carbocycles. The summed E-state index contributed by atoms with van der Waals surface area (Å²) in [5.74, 6) is -1.11. The number of nitrogens with two attached hydrogens (primary N) is 1. The van der Waals surface area contributed by atoms with Gasteiger partial charge in [-0.25, -0.2) is 4.79 Å².